The fraction of sp³-hybridized carbons (Fsp3) is 0.333. The molecule has 0 N–H and O–H groups in total. The minimum atomic E-state index is -2.75. The Balaban J connectivity index is 0.00000256. The molecule has 0 aromatic heterocycles. The summed E-state index contributed by atoms with van der Waals surface area (Å²) in [5.74, 6) is 0. The Morgan fingerprint density at radius 1 is 0.489 bits per heavy atom. The quantitative estimate of drug-likeness (QED) is 0.100. The van der Waals surface area contributed by atoms with Crippen LogP contribution in [-0.4, -0.2) is 8.07 Å². The molecule has 0 heterocycles. The Morgan fingerprint density at radius 2 is 0.830 bits per heavy atom. The molecule has 4 aromatic carbocycles. The van der Waals surface area contributed by atoms with Gasteiger partial charge in [-0.25, -0.2) is 0 Å². The van der Waals surface area contributed by atoms with Crippen LogP contribution >= 0.6 is 37.2 Å². The topological polar surface area (TPSA) is 0 Å². The van der Waals surface area contributed by atoms with E-state index >= 15 is 0 Å². The Morgan fingerprint density at radius 3 is 1.15 bits per heavy atom. The van der Waals surface area contributed by atoms with Gasteiger partial charge in [0.15, 0.2) is 0 Å². The average molecular weight is 739 g/mol. The van der Waals surface area contributed by atoms with Crippen LogP contribution in [0.15, 0.2) is 106 Å². The Labute approximate surface area is 316 Å². The van der Waals surface area contributed by atoms with Crippen LogP contribution in [0.3, 0.4) is 0 Å². The van der Waals surface area contributed by atoms with Crippen LogP contribution < -0.4 is 15.6 Å². The molecule has 4 aromatic rings. The molecule has 0 bridgehead atoms. The molecule has 0 unspecified atom stereocenters. The summed E-state index contributed by atoms with van der Waals surface area (Å²) in [6.07, 6.45) is 10.9. The fourth-order valence-electron chi connectivity index (χ4n) is 7.16. The van der Waals surface area contributed by atoms with Gasteiger partial charge in [0.25, 0.3) is 0 Å². The third-order valence-corrected chi connectivity index (χ3v) is 15.6. The Kier molecular flexibility index (Phi) is 16.5. The first-order valence-electron chi connectivity index (χ1n) is 17.0. The van der Waals surface area contributed by atoms with Crippen LogP contribution in [0, 0.1) is 0 Å². The van der Waals surface area contributed by atoms with Gasteiger partial charge in [0.05, 0.1) is 0 Å². The van der Waals surface area contributed by atoms with Crippen molar-refractivity contribution in [3.63, 3.8) is 0 Å². The van der Waals surface area contributed by atoms with Crippen molar-refractivity contribution in [3.8, 4) is 0 Å². The summed E-state index contributed by atoms with van der Waals surface area (Å²) in [6, 6.07) is 34.2. The molecular weight excluding hydrogens is 687 g/mol. The van der Waals surface area contributed by atoms with Crippen molar-refractivity contribution in [1.82, 2.24) is 0 Å². The predicted octanol–water partition coefficient (Wildman–Crippen LogP) is 9.71. The first-order chi connectivity index (χ1) is 21.4. The zero-order chi connectivity index (χ0) is 31.3. The molecule has 1 aliphatic rings. The molecule has 0 aliphatic heterocycles. The maximum absolute atomic E-state index is 2.75. The van der Waals surface area contributed by atoms with Gasteiger partial charge in [-0.15, -0.1) is 37.2 Å². The molecule has 0 radical (unpaired) electrons. The Hall–Kier alpha value is -1.84. The van der Waals surface area contributed by atoms with Crippen molar-refractivity contribution in [2.24, 2.45) is 0 Å². The number of halogens is 3. The number of hydrogen-bond acceptors (Lipinski definition) is 0. The molecule has 47 heavy (non-hydrogen) atoms. The smallest absolute Gasteiger partial charge is 0.147 e. The molecule has 5 heteroatoms. The van der Waals surface area contributed by atoms with Crippen LogP contribution in [0.25, 0.3) is 0 Å². The van der Waals surface area contributed by atoms with Gasteiger partial charge >= 0.3 is 282 Å². The monoisotopic (exact) mass is 737 g/mol. The second-order valence-corrected chi connectivity index (χ2v) is 17.1. The van der Waals surface area contributed by atoms with E-state index in [9.17, 15) is 0 Å². The van der Waals surface area contributed by atoms with Gasteiger partial charge in [0.1, 0.15) is 0 Å². The minimum absolute atomic E-state index is 0. The zero-order valence-corrected chi connectivity index (χ0v) is 34.1. The fourth-order valence-corrected chi connectivity index (χ4v) is 14.0. The molecule has 0 fully saturated rings. The molecule has 0 nitrogen and oxygen atoms in total. The van der Waals surface area contributed by atoms with Crippen LogP contribution in [0.5, 0.6) is 0 Å². The molecule has 0 saturated carbocycles. The molecule has 249 valence electrons. The second-order valence-electron chi connectivity index (χ2n) is 12.4. The molecule has 0 spiro atoms. The second kappa shape index (κ2) is 18.8. The van der Waals surface area contributed by atoms with Gasteiger partial charge in [0, 0.05) is 0 Å². The van der Waals surface area contributed by atoms with Crippen molar-refractivity contribution in [2.45, 2.75) is 92.9 Å². The predicted molar refractivity (Wildman–Crippen MR) is 212 cm³/mol. The van der Waals surface area contributed by atoms with E-state index in [1.165, 1.54) is 38.9 Å². The molecular formula is C42H52Cl3SiTi. The third kappa shape index (κ3) is 8.67. The molecule has 0 amide bonds. The summed E-state index contributed by atoms with van der Waals surface area (Å²) < 4.78 is 1.56. The van der Waals surface area contributed by atoms with Crippen molar-refractivity contribution < 1.29 is 20.4 Å². The van der Waals surface area contributed by atoms with Gasteiger partial charge in [0.2, 0.25) is 0 Å². The summed E-state index contributed by atoms with van der Waals surface area (Å²) in [7, 11) is -2.75. The maximum Gasteiger partial charge on any atom is -0.147 e. The summed E-state index contributed by atoms with van der Waals surface area (Å²) in [5.41, 5.74) is 11.7. The van der Waals surface area contributed by atoms with Crippen molar-refractivity contribution in [1.29, 1.82) is 0 Å². The van der Waals surface area contributed by atoms with E-state index in [1.54, 1.807) is 30.2 Å². The molecule has 0 saturated heterocycles. The number of benzene rings is 4. The van der Waals surface area contributed by atoms with E-state index < -0.39 is 8.07 Å². The summed E-state index contributed by atoms with van der Waals surface area (Å²) in [5, 5.41) is 6.35. The summed E-state index contributed by atoms with van der Waals surface area (Å²) in [6.45, 7) is 13.9. The van der Waals surface area contributed by atoms with Crippen LogP contribution in [-0.2, 0) is 65.4 Å². The Bertz CT molecular complexity index is 1490. The zero-order valence-electron chi connectivity index (χ0n) is 29.0. The van der Waals surface area contributed by atoms with Crippen molar-refractivity contribution in [3.05, 3.63) is 145 Å². The van der Waals surface area contributed by atoms with E-state index in [0.717, 1.165) is 51.4 Å². The first kappa shape index (κ1) is 41.3. The van der Waals surface area contributed by atoms with Crippen molar-refractivity contribution >= 4 is 60.9 Å². The normalized spacial score (nSPS) is 12.6. The van der Waals surface area contributed by atoms with Crippen molar-refractivity contribution in [2.75, 3.05) is 0 Å². The number of rotatable bonds is 12. The molecule has 5 rings (SSSR count). The van der Waals surface area contributed by atoms with Gasteiger partial charge in [-0.3, -0.25) is 0 Å². The SMILES string of the molecule is CCc1cc(CC)cc([Si](C2=[C]([Ti])CC=C2Cc2ccccc2)(c2cc(CC)cc(CC)c2)c2cc(CC)cc(CC)c2)c1.Cl.Cl.Cl. The van der Waals surface area contributed by atoms with E-state index in [2.05, 4.69) is 153 Å². The molecule has 1 aliphatic carbocycles. The van der Waals surface area contributed by atoms with Crippen LogP contribution in [0.4, 0.5) is 0 Å². The van der Waals surface area contributed by atoms with E-state index in [1.807, 2.05) is 0 Å². The van der Waals surface area contributed by atoms with E-state index in [4.69, 9.17) is 0 Å². The number of allylic oxidation sites excluding steroid dienone is 4. The minimum Gasteiger partial charge on any atom is -0.147 e. The summed E-state index contributed by atoms with van der Waals surface area (Å²) >= 11 is 2.44. The maximum atomic E-state index is 2.61. The van der Waals surface area contributed by atoms with Crippen LogP contribution in [0.1, 0.15) is 86.9 Å². The standard InChI is InChI=1S/C42H49Si.3ClH.Ti/c1-7-31-21-32(8-2)26-39(25-31)43(40-27-33(9-3)22-34(10-4)28-40,41-29-35(11-5)23-36(12-6)30-41)42-20-16-19-38(42)24-37-17-14-13-15-18-37;;;;/h13-15,17-19,21-23,25-30H,7-12,16,24H2,1-6H3;3*1H;. The average Bonchev–Trinajstić information content (AvgIpc) is 3.44. The van der Waals surface area contributed by atoms with E-state index in [0.29, 0.717) is 0 Å². The molecule has 0 atom stereocenters. The third-order valence-electron chi connectivity index (χ3n) is 9.69. The van der Waals surface area contributed by atoms with Crippen LogP contribution in [0.2, 0.25) is 0 Å². The number of aryl methyl sites for hydroxylation is 6. The number of hydrogen-bond donors (Lipinski definition) is 0. The largest absolute Gasteiger partial charge is 0.147 e. The van der Waals surface area contributed by atoms with Gasteiger partial charge < -0.3 is 0 Å². The van der Waals surface area contributed by atoms with Gasteiger partial charge in [-0.05, 0) is 0 Å². The first-order valence-corrected chi connectivity index (χ1v) is 19.8. The summed E-state index contributed by atoms with van der Waals surface area (Å²) in [4.78, 5) is 0. The van der Waals surface area contributed by atoms with Gasteiger partial charge in [-0.2, -0.15) is 0 Å². The van der Waals surface area contributed by atoms with E-state index in [-0.39, 0.29) is 37.2 Å². The van der Waals surface area contributed by atoms with Gasteiger partial charge in [-0.1, -0.05) is 0 Å².